The smallest absolute Gasteiger partial charge is 0.0133 e. The average molecular weight is 154 g/mol. The Morgan fingerprint density at radius 2 is 2.00 bits per heavy atom. The van der Waals surface area contributed by atoms with Crippen LogP contribution in [-0.2, 0) is 0 Å². The van der Waals surface area contributed by atoms with E-state index in [1.165, 1.54) is 25.9 Å². The van der Waals surface area contributed by atoms with Crippen LogP contribution in [0.1, 0.15) is 12.8 Å². The number of hydrogen-bond donors (Lipinski definition) is 1. The zero-order valence-electron chi connectivity index (χ0n) is 7.51. The molecule has 0 aromatic heterocycles. The van der Waals surface area contributed by atoms with Gasteiger partial charge < -0.3 is 10.2 Å². The van der Waals surface area contributed by atoms with Crippen LogP contribution in [0.15, 0.2) is 0 Å². The highest BCUT2D eigenvalue weighted by molar-refractivity contribution is 4.95. The Bertz CT molecular complexity index is 144. The molecular formula is C9H18N2. The van der Waals surface area contributed by atoms with Gasteiger partial charge in [-0.2, -0.15) is 0 Å². The number of hydrogen-bond acceptors (Lipinski definition) is 2. The zero-order chi connectivity index (χ0) is 7.84. The average Bonchev–Trinajstić information content (AvgIpc) is 2.41. The van der Waals surface area contributed by atoms with Crippen molar-refractivity contribution in [3.05, 3.63) is 0 Å². The van der Waals surface area contributed by atoms with Crippen molar-refractivity contribution in [3.8, 4) is 0 Å². The lowest BCUT2D eigenvalue weighted by Crippen LogP contribution is -2.34. The lowest BCUT2D eigenvalue weighted by atomic mass is 9.97. The van der Waals surface area contributed by atoms with E-state index in [4.69, 9.17) is 0 Å². The minimum Gasteiger partial charge on any atom is -0.316 e. The number of nitrogens with zero attached hydrogens (tertiary/aromatic N) is 1. The van der Waals surface area contributed by atoms with E-state index in [2.05, 4.69) is 24.3 Å². The Morgan fingerprint density at radius 1 is 1.18 bits per heavy atom. The van der Waals surface area contributed by atoms with Gasteiger partial charge in [-0.1, -0.05) is 0 Å². The van der Waals surface area contributed by atoms with E-state index < -0.39 is 0 Å². The lowest BCUT2D eigenvalue weighted by molar-refractivity contribution is 0.236. The van der Waals surface area contributed by atoms with Gasteiger partial charge in [0.25, 0.3) is 0 Å². The van der Waals surface area contributed by atoms with Gasteiger partial charge >= 0.3 is 0 Å². The molecule has 0 aromatic rings. The summed E-state index contributed by atoms with van der Waals surface area (Å²) < 4.78 is 0. The molecule has 1 saturated heterocycles. The third-order valence-electron chi connectivity index (χ3n) is 3.38. The van der Waals surface area contributed by atoms with Crippen LogP contribution in [0.4, 0.5) is 0 Å². The molecule has 1 aliphatic heterocycles. The lowest BCUT2D eigenvalue weighted by Gasteiger charge is -2.24. The van der Waals surface area contributed by atoms with E-state index >= 15 is 0 Å². The Hall–Kier alpha value is -0.0800. The second-order valence-corrected chi connectivity index (χ2v) is 4.19. The maximum atomic E-state index is 3.48. The Kier molecular flexibility index (Phi) is 1.90. The van der Waals surface area contributed by atoms with Gasteiger partial charge in [0.1, 0.15) is 0 Å². The monoisotopic (exact) mass is 154 g/mol. The Labute approximate surface area is 69.0 Å². The maximum Gasteiger partial charge on any atom is 0.0133 e. The molecule has 2 aliphatic rings. The highest BCUT2D eigenvalue weighted by Crippen LogP contribution is 2.36. The van der Waals surface area contributed by atoms with Crippen LogP contribution in [0.2, 0.25) is 0 Å². The summed E-state index contributed by atoms with van der Waals surface area (Å²) in [4.78, 5) is 2.40. The summed E-state index contributed by atoms with van der Waals surface area (Å²) in [6.45, 7) is 2.53. The van der Waals surface area contributed by atoms with Gasteiger partial charge in [0, 0.05) is 6.04 Å². The normalized spacial score (nSPS) is 43.4. The SMILES string of the molecule is CN(C)C1CC[C@@H]2CNC[C@H]12. The van der Waals surface area contributed by atoms with E-state index in [0.29, 0.717) is 0 Å². The van der Waals surface area contributed by atoms with Crippen LogP contribution in [0.5, 0.6) is 0 Å². The summed E-state index contributed by atoms with van der Waals surface area (Å²) in [7, 11) is 4.43. The fraction of sp³-hybridized carbons (Fsp3) is 1.00. The standard InChI is InChI=1S/C9H18N2/c1-11(2)9-4-3-7-5-10-6-8(7)9/h7-10H,3-6H2,1-2H3/t7-,8+,9?/m1/s1. The summed E-state index contributed by atoms with van der Waals surface area (Å²) >= 11 is 0. The molecule has 11 heavy (non-hydrogen) atoms. The summed E-state index contributed by atoms with van der Waals surface area (Å²) in [5.41, 5.74) is 0. The molecule has 64 valence electrons. The first-order valence-corrected chi connectivity index (χ1v) is 4.66. The first kappa shape index (κ1) is 7.56. The molecule has 2 nitrogen and oxygen atoms in total. The van der Waals surface area contributed by atoms with Gasteiger partial charge in [-0.15, -0.1) is 0 Å². The quantitative estimate of drug-likeness (QED) is 0.593. The van der Waals surface area contributed by atoms with E-state index in [-0.39, 0.29) is 0 Å². The molecular weight excluding hydrogens is 136 g/mol. The summed E-state index contributed by atoms with van der Waals surface area (Å²) in [5, 5.41) is 3.48. The largest absolute Gasteiger partial charge is 0.316 e. The van der Waals surface area contributed by atoms with Crippen LogP contribution < -0.4 is 5.32 Å². The minimum absolute atomic E-state index is 0.856. The molecule has 3 atom stereocenters. The molecule has 0 radical (unpaired) electrons. The minimum atomic E-state index is 0.856. The molecule has 2 fully saturated rings. The molecule has 1 aliphatic carbocycles. The van der Waals surface area contributed by atoms with Gasteiger partial charge in [0.2, 0.25) is 0 Å². The van der Waals surface area contributed by atoms with Crippen LogP contribution in [-0.4, -0.2) is 38.1 Å². The van der Waals surface area contributed by atoms with E-state index in [9.17, 15) is 0 Å². The fourth-order valence-electron chi connectivity index (χ4n) is 2.76. The highest BCUT2D eigenvalue weighted by atomic mass is 15.1. The third kappa shape index (κ3) is 1.18. The Morgan fingerprint density at radius 3 is 2.73 bits per heavy atom. The maximum absolute atomic E-state index is 3.48. The molecule has 2 rings (SSSR count). The van der Waals surface area contributed by atoms with Gasteiger partial charge in [-0.3, -0.25) is 0 Å². The second-order valence-electron chi connectivity index (χ2n) is 4.19. The Balaban J connectivity index is 2.03. The van der Waals surface area contributed by atoms with Crippen molar-refractivity contribution < 1.29 is 0 Å². The molecule has 1 N–H and O–H groups in total. The molecule has 1 unspecified atom stereocenters. The highest BCUT2D eigenvalue weighted by Gasteiger charge is 2.39. The third-order valence-corrected chi connectivity index (χ3v) is 3.38. The predicted molar refractivity (Wildman–Crippen MR) is 46.6 cm³/mol. The number of nitrogens with one attached hydrogen (secondary N) is 1. The zero-order valence-corrected chi connectivity index (χ0v) is 7.51. The second kappa shape index (κ2) is 2.76. The molecule has 0 spiro atoms. The number of rotatable bonds is 1. The van der Waals surface area contributed by atoms with Crippen molar-refractivity contribution in [2.24, 2.45) is 11.8 Å². The fourth-order valence-corrected chi connectivity index (χ4v) is 2.76. The van der Waals surface area contributed by atoms with Gasteiger partial charge in [-0.25, -0.2) is 0 Å². The molecule has 1 heterocycles. The topological polar surface area (TPSA) is 15.3 Å². The van der Waals surface area contributed by atoms with Gasteiger partial charge in [0.05, 0.1) is 0 Å². The van der Waals surface area contributed by atoms with Gasteiger partial charge in [-0.05, 0) is 51.9 Å². The van der Waals surface area contributed by atoms with E-state index in [0.717, 1.165) is 17.9 Å². The molecule has 0 bridgehead atoms. The van der Waals surface area contributed by atoms with Crippen molar-refractivity contribution in [2.75, 3.05) is 27.2 Å². The predicted octanol–water partition coefficient (Wildman–Crippen LogP) is 0.546. The van der Waals surface area contributed by atoms with Crippen molar-refractivity contribution >= 4 is 0 Å². The summed E-state index contributed by atoms with van der Waals surface area (Å²) in [6.07, 6.45) is 2.87. The van der Waals surface area contributed by atoms with Crippen LogP contribution in [0, 0.1) is 11.8 Å². The molecule has 1 saturated carbocycles. The van der Waals surface area contributed by atoms with Crippen molar-refractivity contribution in [1.29, 1.82) is 0 Å². The van der Waals surface area contributed by atoms with Crippen LogP contribution in [0.25, 0.3) is 0 Å². The number of fused-ring (bicyclic) bond motifs is 1. The van der Waals surface area contributed by atoms with Gasteiger partial charge in [0.15, 0.2) is 0 Å². The molecule has 0 amide bonds. The summed E-state index contributed by atoms with van der Waals surface area (Å²) in [6, 6.07) is 0.856. The van der Waals surface area contributed by atoms with Crippen LogP contribution >= 0.6 is 0 Å². The van der Waals surface area contributed by atoms with Crippen molar-refractivity contribution in [3.63, 3.8) is 0 Å². The molecule has 0 aromatic carbocycles. The van der Waals surface area contributed by atoms with E-state index in [1.54, 1.807) is 0 Å². The first-order valence-electron chi connectivity index (χ1n) is 4.66. The van der Waals surface area contributed by atoms with Crippen molar-refractivity contribution in [1.82, 2.24) is 10.2 Å². The summed E-state index contributed by atoms with van der Waals surface area (Å²) in [5.74, 6) is 1.94. The first-order chi connectivity index (χ1) is 5.29. The van der Waals surface area contributed by atoms with Crippen LogP contribution in [0.3, 0.4) is 0 Å². The molecule has 2 heteroatoms. The van der Waals surface area contributed by atoms with E-state index in [1.807, 2.05) is 0 Å². The van der Waals surface area contributed by atoms with Crippen molar-refractivity contribution in [2.45, 2.75) is 18.9 Å².